The first-order valence-electron chi connectivity index (χ1n) is 18.9. The fourth-order valence-corrected chi connectivity index (χ4v) is 6.66. The monoisotopic (exact) mass is 1020 g/mol. The summed E-state index contributed by atoms with van der Waals surface area (Å²) in [6.45, 7) is 0.964. The quantitative estimate of drug-likeness (QED) is 0.0129. The third kappa shape index (κ3) is 19.5. The normalized spacial score (nSPS) is 34.1. The second-order valence-corrected chi connectivity index (χ2v) is 16.1. The van der Waals surface area contributed by atoms with Crippen molar-refractivity contribution in [2.75, 3.05) is 40.6 Å². The van der Waals surface area contributed by atoms with Crippen LogP contribution in [-0.4, -0.2) is 230 Å². The zero-order valence-corrected chi connectivity index (χ0v) is 37.2. The number of nitrogens with two attached hydrogens (primary N) is 1. The zero-order chi connectivity index (χ0) is 51.6. The zero-order valence-electron chi connectivity index (χ0n) is 35.5. The Bertz CT molecular complexity index is 1850. The van der Waals surface area contributed by atoms with Gasteiger partial charge >= 0.3 is 0 Å². The van der Waals surface area contributed by atoms with Gasteiger partial charge in [0.15, 0.2) is 25.5 Å². The lowest BCUT2D eigenvalue weighted by Gasteiger charge is -2.47. The summed E-state index contributed by atoms with van der Waals surface area (Å²) in [4.78, 5) is 30.9. The maximum atomic E-state index is 11.3. The van der Waals surface area contributed by atoms with Gasteiger partial charge in [0.05, 0.1) is 43.6 Å². The molecular weight excluding hydrogens is 964 g/mol. The number of ether oxygens (including phenoxy) is 7. The fraction of sp³-hybridized carbons (Fsp3) is 0.794. The predicted octanol–water partition coefficient (Wildman–Crippen LogP) is -10.7. The Morgan fingerprint density at radius 2 is 1.25 bits per heavy atom. The van der Waals surface area contributed by atoms with E-state index < -0.39 is 162 Å². The lowest BCUT2D eigenvalue weighted by molar-refractivity contribution is -0.368. The molecule has 3 fully saturated rings. The molecule has 10 N–H and O–H groups in total. The van der Waals surface area contributed by atoms with Crippen LogP contribution >= 0.6 is 0 Å². The summed E-state index contributed by atoms with van der Waals surface area (Å²) in [5.74, 6) is 2.87. The standard InChI is InChI=1S/C17H27NO14S.C14H24O14S.C3H5NO/c1-4-5-29-18-6-9(19)12(21)15(13(22)16(23)24)32-17-8(2)11(20)14(28-3)10(31-17)7-30-33(25,26)27;1-4-6(15)9(24-2)5(3-25-29(21,22)23)26-14(4)28-10-7(16)8(17)13(20)27-11(10)12(18)19;1-2-3-5-4/h1,6,8-15,17,19-22H,5,7H2,2-3H3,(H,23,24)(H,25,26,27);4-11,13-17,20H,3H2,1-2H3,(H,18,19)(H,21,22,23);1H,3-4H2/p-4/b18-6-;;/t8?,9?,10?,11-,12-,13?,14-,15+,17+;4?,5?,6-,7-,8?,9-,10+,11?,13?,14-;/m11./s1. The van der Waals surface area contributed by atoms with E-state index >= 15 is 0 Å². The molecule has 31 nitrogen and oxygen atoms in total. The Labute approximate surface area is 382 Å². The van der Waals surface area contributed by atoms with Gasteiger partial charge in [-0.1, -0.05) is 30.8 Å². The lowest BCUT2D eigenvalue weighted by atomic mass is 9.91. The molecule has 19 atom stereocenters. The predicted molar refractivity (Wildman–Crippen MR) is 203 cm³/mol. The van der Waals surface area contributed by atoms with Crippen LogP contribution in [0.25, 0.3) is 0 Å². The molecule has 3 aliphatic rings. The molecule has 3 heterocycles. The third-order valence-corrected chi connectivity index (χ3v) is 10.3. The Morgan fingerprint density at radius 1 is 0.776 bits per heavy atom. The smallest absolute Gasteiger partial charge is 0.217 e. The number of hydrogen-bond acceptors (Lipinski definition) is 31. The van der Waals surface area contributed by atoms with Gasteiger partial charge in [-0.05, 0) is 0 Å². The summed E-state index contributed by atoms with van der Waals surface area (Å²) < 4.78 is 109. The number of aliphatic hydroxyl groups excluding tert-OH is 8. The second-order valence-electron chi connectivity index (χ2n) is 14.0. The van der Waals surface area contributed by atoms with Gasteiger partial charge in [-0.3, -0.25) is 13.2 Å². The Balaban J connectivity index is 0.000000611. The van der Waals surface area contributed by atoms with Crippen molar-refractivity contribution in [3.8, 4) is 24.7 Å². The van der Waals surface area contributed by atoms with E-state index in [-0.39, 0.29) is 13.2 Å². The van der Waals surface area contributed by atoms with Crippen LogP contribution in [0, 0.1) is 36.5 Å². The topological polar surface area (TPSA) is 496 Å². The summed E-state index contributed by atoms with van der Waals surface area (Å²) in [6.07, 6.45) is -19.0. The molecule has 0 radical (unpaired) electrons. The minimum Gasteiger partial charge on any atom is -0.726 e. The molecular formula is C34H52N2O29S2-4. The first kappa shape index (κ1) is 61.6. The molecule has 0 aliphatic carbocycles. The summed E-state index contributed by atoms with van der Waals surface area (Å²) >= 11 is 0. The van der Waals surface area contributed by atoms with Crippen molar-refractivity contribution in [2.24, 2.45) is 22.9 Å². The largest absolute Gasteiger partial charge is 0.726 e. The number of carboxylic acid groups (broad SMARTS) is 2. The van der Waals surface area contributed by atoms with Gasteiger partial charge in [0.2, 0.25) is 20.8 Å². The number of carbonyl (C=O) groups is 2. The van der Waals surface area contributed by atoms with E-state index in [0.29, 0.717) is 6.21 Å². The summed E-state index contributed by atoms with van der Waals surface area (Å²) in [7, 11) is -7.87. The molecule has 9 unspecified atom stereocenters. The number of rotatable bonds is 21. The van der Waals surface area contributed by atoms with Crippen molar-refractivity contribution < 1.29 is 138 Å². The van der Waals surface area contributed by atoms with Crippen LogP contribution < -0.4 is 16.1 Å². The molecule has 0 saturated carbocycles. The fourth-order valence-electron chi connectivity index (χ4n) is 6.06. The molecule has 3 aliphatic heterocycles. The number of nitrogens with zero attached hydrogens (tertiary/aromatic N) is 1. The van der Waals surface area contributed by atoms with E-state index in [1.807, 2.05) is 0 Å². The molecule has 0 bridgehead atoms. The van der Waals surface area contributed by atoms with Gasteiger partial charge in [0, 0.05) is 26.1 Å². The number of methoxy groups -OCH3 is 2. The van der Waals surface area contributed by atoms with Gasteiger partial charge in [-0.25, -0.2) is 22.7 Å². The minimum atomic E-state index is -5.13. The van der Waals surface area contributed by atoms with Crippen molar-refractivity contribution in [2.45, 2.75) is 118 Å². The van der Waals surface area contributed by atoms with Crippen LogP contribution in [0.4, 0.5) is 0 Å². The van der Waals surface area contributed by atoms with E-state index in [4.69, 9.17) is 34.8 Å². The highest BCUT2D eigenvalue weighted by molar-refractivity contribution is 7.81. The van der Waals surface area contributed by atoms with Crippen molar-refractivity contribution in [1.82, 2.24) is 0 Å². The first-order chi connectivity index (χ1) is 31.1. The molecule has 0 amide bonds. The number of carboxylic acids is 2. The van der Waals surface area contributed by atoms with Gasteiger partial charge < -0.3 is 108 Å². The summed E-state index contributed by atoms with van der Waals surface area (Å²) in [5.41, 5.74) is 0. The SMILES string of the molecule is C#CCO/N=C\C(O)[C@@H](O)[C@H](O[C@@H]1OC(COS(=O)(=O)[O-])[C@@H](OC)[C@H](O)C1C)C(O)C(=O)[O-].C#CCON.CO[C@@H]1C(COS(=O)(=O)[O-])O[C@H](O[C@@H]2C(C(=O)[O-])OC(O)C(O)[C@H]2O)C(C)[C@H]1O. The van der Waals surface area contributed by atoms with Gasteiger partial charge in [0.1, 0.15) is 79.9 Å². The first-order valence-corrected chi connectivity index (χ1v) is 21.5. The molecule has 0 spiro atoms. The van der Waals surface area contributed by atoms with Crippen molar-refractivity contribution >= 4 is 39.0 Å². The van der Waals surface area contributed by atoms with Crippen molar-refractivity contribution in [3.63, 3.8) is 0 Å². The number of carbonyl (C=O) groups excluding carboxylic acids is 2. The number of oxime groups is 1. The van der Waals surface area contributed by atoms with Gasteiger partial charge in [0.25, 0.3) is 0 Å². The molecule has 0 aromatic heterocycles. The second kappa shape index (κ2) is 28.9. The number of terminal acetylenes is 2. The number of hydrogen-bond donors (Lipinski definition) is 9. The Hall–Kier alpha value is -3.41. The third-order valence-electron chi connectivity index (χ3n) is 9.48. The highest BCUT2D eigenvalue weighted by Gasteiger charge is 2.51. The summed E-state index contributed by atoms with van der Waals surface area (Å²) in [6, 6.07) is 0. The van der Waals surface area contributed by atoms with Crippen LogP contribution in [0.2, 0.25) is 0 Å². The maximum absolute atomic E-state index is 11.3. The van der Waals surface area contributed by atoms with Crippen LogP contribution in [0.1, 0.15) is 13.8 Å². The average molecular weight is 1020 g/mol. The minimum absolute atomic E-state index is 0.194. The molecule has 388 valence electrons. The lowest BCUT2D eigenvalue weighted by Crippen LogP contribution is -2.65. The molecule has 0 aromatic rings. The van der Waals surface area contributed by atoms with Crippen LogP contribution in [0.5, 0.6) is 0 Å². The number of aliphatic carboxylic acids is 2. The highest BCUT2D eigenvalue weighted by Crippen LogP contribution is 2.33. The van der Waals surface area contributed by atoms with Crippen LogP contribution in [-0.2, 0) is 81.6 Å². The van der Waals surface area contributed by atoms with E-state index in [1.165, 1.54) is 21.0 Å². The van der Waals surface area contributed by atoms with E-state index in [2.05, 4.69) is 52.1 Å². The molecule has 33 heteroatoms. The van der Waals surface area contributed by atoms with Gasteiger partial charge in [-0.2, -0.15) is 0 Å². The van der Waals surface area contributed by atoms with Crippen molar-refractivity contribution in [1.29, 1.82) is 0 Å². The van der Waals surface area contributed by atoms with E-state index in [1.54, 1.807) is 0 Å². The highest BCUT2D eigenvalue weighted by atomic mass is 32.3. The van der Waals surface area contributed by atoms with E-state index in [9.17, 15) is 86.6 Å². The maximum Gasteiger partial charge on any atom is 0.217 e. The Morgan fingerprint density at radius 3 is 1.66 bits per heavy atom. The molecule has 0 aromatic carbocycles. The van der Waals surface area contributed by atoms with Crippen LogP contribution in [0.15, 0.2) is 5.16 Å². The average Bonchev–Trinajstić information content (AvgIpc) is 3.25. The van der Waals surface area contributed by atoms with E-state index in [0.717, 1.165) is 7.11 Å². The Kier molecular flexibility index (Phi) is 26.6. The molecule has 3 saturated heterocycles. The van der Waals surface area contributed by atoms with Crippen LogP contribution in [0.3, 0.4) is 0 Å². The molecule has 3 rings (SSSR count). The molecule has 67 heavy (non-hydrogen) atoms. The van der Waals surface area contributed by atoms with Gasteiger partial charge in [-0.15, -0.1) is 12.8 Å². The number of aliphatic hydroxyl groups is 8. The summed E-state index contributed by atoms with van der Waals surface area (Å²) in [5, 5.41) is 106. The van der Waals surface area contributed by atoms with Crippen molar-refractivity contribution in [3.05, 3.63) is 0 Å².